The van der Waals surface area contributed by atoms with E-state index in [1.807, 2.05) is 31.2 Å². The summed E-state index contributed by atoms with van der Waals surface area (Å²) in [4.78, 5) is 16.0. The predicted molar refractivity (Wildman–Crippen MR) is 80.3 cm³/mol. The lowest BCUT2D eigenvalue weighted by Gasteiger charge is -2.03. The highest BCUT2D eigenvalue weighted by atomic mass is 35.5. The zero-order valence-corrected chi connectivity index (χ0v) is 11.7. The number of benzene rings is 1. The highest BCUT2D eigenvalue weighted by Crippen LogP contribution is 2.28. The van der Waals surface area contributed by atoms with E-state index in [4.69, 9.17) is 11.6 Å². The van der Waals surface area contributed by atoms with E-state index in [1.165, 1.54) is 11.3 Å². The average molecular weight is 291 g/mol. The van der Waals surface area contributed by atoms with Crippen molar-refractivity contribution in [3.8, 4) is 0 Å². The van der Waals surface area contributed by atoms with Gasteiger partial charge in [0.25, 0.3) is 5.91 Å². The molecule has 1 amide bonds. The van der Waals surface area contributed by atoms with E-state index in [9.17, 15) is 4.79 Å². The molecule has 0 atom stereocenters. The number of thiophene rings is 1. The van der Waals surface area contributed by atoms with Gasteiger partial charge in [-0.25, -0.2) is 0 Å². The van der Waals surface area contributed by atoms with Crippen molar-refractivity contribution in [2.45, 2.75) is 6.92 Å². The molecule has 0 aliphatic carbocycles. The minimum absolute atomic E-state index is 0.134. The van der Waals surface area contributed by atoms with Crippen molar-refractivity contribution in [2.24, 2.45) is 0 Å². The van der Waals surface area contributed by atoms with Crippen LogP contribution in [0.1, 0.15) is 15.4 Å². The molecule has 0 aliphatic heterocycles. The molecule has 2 N–H and O–H groups in total. The van der Waals surface area contributed by atoms with Crippen LogP contribution in [0.15, 0.2) is 36.4 Å². The fourth-order valence-electron chi connectivity index (χ4n) is 2.05. The number of nitrogens with one attached hydrogen (secondary N) is 2. The molecule has 0 saturated carbocycles. The van der Waals surface area contributed by atoms with Crippen LogP contribution in [0.5, 0.6) is 0 Å². The third kappa shape index (κ3) is 2.25. The first kappa shape index (κ1) is 12.3. The number of hydrogen-bond acceptors (Lipinski definition) is 2. The van der Waals surface area contributed by atoms with Crippen LogP contribution in [0.3, 0.4) is 0 Å². The number of carbonyl (C=O) groups excluding carboxylic acids is 1. The number of amides is 1. The van der Waals surface area contributed by atoms with Crippen molar-refractivity contribution in [1.82, 2.24) is 4.98 Å². The Labute approximate surface area is 119 Å². The number of hydrogen-bond donors (Lipinski definition) is 2. The molecule has 2 heterocycles. The molecule has 96 valence electrons. The molecule has 0 aliphatic rings. The lowest BCUT2D eigenvalue weighted by Crippen LogP contribution is -2.10. The van der Waals surface area contributed by atoms with Gasteiger partial charge in [0.05, 0.1) is 14.9 Å². The van der Waals surface area contributed by atoms with Crippen molar-refractivity contribution in [1.29, 1.82) is 0 Å². The van der Waals surface area contributed by atoms with Gasteiger partial charge in [-0.3, -0.25) is 4.79 Å². The molecule has 0 fully saturated rings. The van der Waals surface area contributed by atoms with Gasteiger partial charge in [0, 0.05) is 16.6 Å². The third-order valence-electron chi connectivity index (χ3n) is 2.93. The molecule has 0 radical (unpaired) electrons. The minimum atomic E-state index is -0.134. The van der Waals surface area contributed by atoms with Crippen molar-refractivity contribution >= 4 is 45.4 Å². The number of aromatic amines is 1. The van der Waals surface area contributed by atoms with Crippen LogP contribution in [-0.4, -0.2) is 10.9 Å². The fraction of sp³-hybridized carbons (Fsp3) is 0.0714. The van der Waals surface area contributed by atoms with Crippen molar-refractivity contribution in [3.63, 3.8) is 0 Å². The first-order valence-electron chi connectivity index (χ1n) is 5.79. The van der Waals surface area contributed by atoms with Crippen molar-refractivity contribution < 1.29 is 4.79 Å². The SMILES string of the molecule is Cc1[nH]c2ccccc2c1NC(=O)c1ccc(Cl)s1. The zero-order valence-electron chi connectivity index (χ0n) is 10.2. The molecule has 3 aromatic rings. The predicted octanol–water partition coefficient (Wildman–Crippen LogP) is 4.44. The van der Waals surface area contributed by atoms with Gasteiger partial charge in [0.1, 0.15) is 0 Å². The Morgan fingerprint density at radius 2 is 2.05 bits per heavy atom. The molecule has 0 bridgehead atoms. The number of rotatable bonds is 2. The molecule has 0 saturated heterocycles. The van der Waals surface area contributed by atoms with Crippen LogP contribution in [0.4, 0.5) is 5.69 Å². The summed E-state index contributed by atoms with van der Waals surface area (Å²) in [6.07, 6.45) is 0. The molecule has 5 heteroatoms. The molecular formula is C14H11ClN2OS. The second-order valence-electron chi connectivity index (χ2n) is 4.23. The van der Waals surface area contributed by atoms with Gasteiger partial charge >= 0.3 is 0 Å². The largest absolute Gasteiger partial charge is 0.357 e. The van der Waals surface area contributed by atoms with E-state index in [-0.39, 0.29) is 5.91 Å². The van der Waals surface area contributed by atoms with Gasteiger partial charge in [-0.1, -0.05) is 29.8 Å². The summed E-state index contributed by atoms with van der Waals surface area (Å²) in [5.41, 5.74) is 2.78. The Morgan fingerprint density at radius 1 is 1.26 bits per heavy atom. The Hall–Kier alpha value is -1.78. The summed E-state index contributed by atoms with van der Waals surface area (Å²) in [7, 11) is 0. The van der Waals surface area contributed by atoms with Gasteiger partial charge in [-0.05, 0) is 25.1 Å². The second-order valence-corrected chi connectivity index (χ2v) is 5.94. The average Bonchev–Trinajstić information content (AvgIpc) is 2.95. The standard InChI is InChI=1S/C14H11ClN2OS/c1-8-13(9-4-2-3-5-10(9)16-8)17-14(18)11-6-7-12(15)19-11/h2-7,16H,1H3,(H,17,18). The van der Waals surface area contributed by atoms with E-state index < -0.39 is 0 Å². The molecule has 3 nitrogen and oxygen atoms in total. The summed E-state index contributed by atoms with van der Waals surface area (Å²) in [6.45, 7) is 1.94. The zero-order chi connectivity index (χ0) is 13.4. The molecule has 3 rings (SSSR count). The molecule has 0 spiro atoms. The number of fused-ring (bicyclic) bond motifs is 1. The maximum absolute atomic E-state index is 12.1. The third-order valence-corrected chi connectivity index (χ3v) is 4.16. The topological polar surface area (TPSA) is 44.9 Å². The Bertz CT molecular complexity index is 760. The van der Waals surface area contributed by atoms with Gasteiger partial charge in [-0.15, -0.1) is 11.3 Å². The van der Waals surface area contributed by atoms with E-state index >= 15 is 0 Å². The lowest BCUT2D eigenvalue weighted by molar-refractivity contribution is 0.103. The number of aromatic nitrogens is 1. The number of aryl methyl sites for hydroxylation is 1. The first-order chi connectivity index (χ1) is 9.15. The molecule has 1 aromatic carbocycles. The maximum atomic E-state index is 12.1. The Morgan fingerprint density at radius 3 is 2.79 bits per heavy atom. The molecule has 2 aromatic heterocycles. The monoisotopic (exact) mass is 290 g/mol. The van der Waals surface area contributed by atoms with Crippen LogP contribution in [0, 0.1) is 6.92 Å². The molecule has 0 unspecified atom stereocenters. The number of carbonyl (C=O) groups is 1. The van der Waals surface area contributed by atoms with Crippen LogP contribution in [-0.2, 0) is 0 Å². The summed E-state index contributed by atoms with van der Waals surface area (Å²) in [5, 5.41) is 3.95. The maximum Gasteiger partial charge on any atom is 0.265 e. The van der Waals surface area contributed by atoms with E-state index in [0.29, 0.717) is 9.21 Å². The number of para-hydroxylation sites is 1. The fourth-order valence-corrected chi connectivity index (χ4v) is 2.99. The summed E-state index contributed by atoms with van der Waals surface area (Å²) >= 11 is 7.12. The highest BCUT2D eigenvalue weighted by molar-refractivity contribution is 7.18. The summed E-state index contributed by atoms with van der Waals surface area (Å²) in [6, 6.07) is 11.3. The lowest BCUT2D eigenvalue weighted by atomic mass is 10.2. The van der Waals surface area contributed by atoms with E-state index in [1.54, 1.807) is 12.1 Å². The summed E-state index contributed by atoms with van der Waals surface area (Å²) < 4.78 is 0.612. The number of H-pyrrole nitrogens is 1. The second kappa shape index (κ2) is 4.72. The quantitative estimate of drug-likeness (QED) is 0.720. The Balaban J connectivity index is 1.97. The van der Waals surface area contributed by atoms with Crippen molar-refractivity contribution in [3.05, 3.63) is 51.3 Å². The normalized spacial score (nSPS) is 10.8. The smallest absolute Gasteiger partial charge is 0.265 e. The summed E-state index contributed by atoms with van der Waals surface area (Å²) in [5.74, 6) is -0.134. The van der Waals surface area contributed by atoms with Gasteiger partial charge < -0.3 is 10.3 Å². The molecule has 19 heavy (non-hydrogen) atoms. The first-order valence-corrected chi connectivity index (χ1v) is 6.98. The highest BCUT2D eigenvalue weighted by Gasteiger charge is 2.13. The van der Waals surface area contributed by atoms with Crippen LogP contribution >= 0.6 is 22.9 Å². The van der Waals surface area contributed by atoms with Crippen LogP contribution in [0.25, 0.3) is 10.9 Å². The molecular weight excluding hydrogens is 280 g/mol. The van der Waals surface area contributed by atoms with Gasteiger partial charge in [0.15, 0.2) is 0 Å². The van der Waals surface area contributed by atoms with Gasteiger partial charge in [0.2, 0.25) is 0 Å². The van der Waals surface area contributed by atoms with E-state index in [0.717, 1.165) is 22.3 Å². The van der Waals surface area contributed by atoms with Crippen molar-refractivity contribution in [2.75, 3.05) is 5.32 Å². The van der Waals surface area contributed by atoms with Gasteiger partial charge in [-0.2, -0.15) is 0 Å². The van der Waals surface area contributed by atoms with E-state index in [2.05, 4.69) is 10.3 Å². The number of halogens is 1. The minimum Gasteiger partial charge on any atom is -0.357 e. The van der Waals surface area contributed by atoms with Crippen LogP contribution in [0.2, 0.25) is 4.34 Å². The number of anilines is 1. The van der Waals surface area contributed by atoms with Crippen LogP contribution < -0.4 is 5.32 Å². The Kier molecular flexibility index (Phi) is 3.05.